The van der Waals surface area contributed by atoms with E-state index in [1.54, 1.807) is 0 Å². The second-order valence-electron chi connectivity index (χ2n) is 11.4. The summed E-state index contributed by atoms with van der Waals surface area (Å²) in [7, 11) is 0. The fourth-order valence-corrected chi connectivity index (χ4v) is 6.53. The first-order valence-electron chi connectivity index (χ1n) is 13.1. The van der Waals surface area contributed by atoms with Crippen LogP contribution in [-0.2, 0) is 4.79 Å². The molecule has 180 valence electrons. The van der Waals surface area contributed by atoms with Crippen LogP contribution >= 0.6 is 0 Å². The Morgan fingerprint density at radius 1 is 1.19 bits per heavy atom. The number of nitrogens with zero attached hydrogens (tertiary/aromatic N) is 1. The summed E-state index contributed by atoms with van der Waals surface area (Å²) in [6.07, 6.45) is 8.60. The molecule has 2 aliphatic carbocycles. The van der Waals surface area contributed by atoms with Crippen molar-refractivity contribution in [3.63, 3.8) is 0 Å². The molecule has 0 aromatic heterocycles. The van der Waals surface area contributed by atoms with E-state index >= 15 is 0 Å². The van der Waals surface area contributed by atoms with E-state index in [0.29, 0.717) is 30.0 Å². The molecule has 5 aliphatic rings. The molecular weight excluding hydrogens is 405 g/mol. The number of alkyl halides is 1. The lowest BCUT2D eigenvalue weighted by atomic mass is 9.78. The lowest BCUT2D eigenvalue weighted by Crippen LogP contribution is -2.57. The quantitative estimate of drug-likeness (QED) is 0.482. The molecule has 4 fully saturated rings. The summed E-state index contributed by atoms with van der Waals surface area (Å²) in [5, 5.41) is 14.2. The Hall–Kier alpha value is -1.18. The lowest BCUT2D eigenvalue weighted by molar-refractivity contribution is -0.119. The predicted molar refractivity (Wildman–Crippen MR) is 125 cm³/mol. The van der Waals surface area contributed by atoms with Crippen LogP contribution in [0.5, 0.6) is 0 Å². The maximum atomic E-state index is 14.5. The van der Waals surface area contributed by atoms with E-state index in [-0.39, 0.29) is 30.0 Å². The zero-order valence-corrected chi connectivity index (χ0v) is 19.8. The number of carbonyl (C=O) groups is 1. The van der Waals surface area contributed by atoms with Gasteiger partial charge in [0, 0.05) is 49.8 Å². The molecule has 5 rings (SSSR count). The van der Waals surface area contributed by atoms with Gasteiger partial charge in [-0.05, 0) is 75.3 Å². The summed E-state index contributed by atoms with van der Waals surface area (Å²) in [4.78, 5) is 15.9. The van der Waals surface area contributed by atoms with Gasteiger partial charge in [-0.15, -0.1) is 0 Å². The number of amides is 1. The molecule has 2 saturated heterocycles. The van der Waals surface area contributed by atoms with Gasteiger partial charge in [0.05, 0.1) is 5.70 Å². The van der Waals surface area contributed by atoms with Crippen molar-refractivity contribution in [3.05, 3.63) is 11.8 Å². The van der Waals surface area contributed by atoms with Gasteiger partial charge >= 0.3 is 0 Å². The maximum absolute atomic E-state index is 14.5. The number of nitrogens with one attached hydrogen (secondary N) is 4. The molecule has 0 bridgehead atoms. The van der Waals surface area contributed by atoms with Crippen molar-refractivity contribution < 1.29 is 9.18 Å². The maximum Gasteiger partial charge on any atom is 0.267 e. The number of carbonyl (C=O) groups excluding carboxylic acids is 1. The van der Waals surface area contributed by atoms with Crippen LogP contribution in [0.15, 0.2) is 11.8 Å². The zero-order chi connectivity index (χ0) is 22.2. The van der Waals surface area contributed by atoms with E-state index in [1.165, 1.54) is 32.2 Å². The lowest BCUT2D eigenvalue weighted by Gasteiger charge is -2.38. The van der Waals surface area contributed by atoms with Gasteiger partial charge in [0.2, 0.25) is 0 Å². The number of piperidine rings is 1. The monoisotopic (exact) mass is 447 g/mol. The van der Waals surface area contributed by atoms with Crippen LogP contribution in [0.2, 0.25) is 0 Å². The fraction of sp³-hybridized carbons (Fsp3) is 0.880. The van der Waals surface area contributed by atoms with Gasteiger partial charge in [0.15, 0.2) is 0 Å². The van der Waals surface area contributed by atoms with Gasteiger partial charge < -0.3 is 21.3 Å². The summed E-state index contributed by atoms with van der Waals surface area (Å²) in [6.45, 7) is 8.72. The minimum atomic E-state index is -0.843. The number of hydrogen-bond acceptors (Lipinski definition) is 5. The molecule has 6 nitrogen and oxygen atoms in total. The minimum Gasteiger partial charge on any atom is -0.377 e. The van der Waals surface area contributed by atoms with Gasteiger partial charge in [0.1, 0.15) is 6.17 Å². The third kappa shape index (κ3) is 5.00. The molecule has 32 heavy (non-hydrogen) atoms. The van der Waals surface area contributed by atoms with Crippen molar-refractivity contribution >= 4 is 5.91 Å². The minimum absolute atomic E-state index is 0.0529. The molecule has 7 heteroatoms. The van der Waals surface area contributed by atoms with Crippen LogP contribution in [0.4, 0.5) is 4.39 Å². The van der Waals surface area contributed by atoms with Crippen molar-refractivity contribution in [3.8, 4) is 0 Å². The third-order valence-corrected chi connectivity index (χ3v) is 8.68. The molecule has 8 atom stereocenters. The van der Waals surface area contributed by atoms with Gasteiger partial charge in [-0.3, -0.25) is 9.69 Å². The zero-order valence-electron chi connectivity index (χ0n) is 19.8. The first-order valence-corrected chi connectivity index (χ1v) is 13.1. The van der Waals surface area contributed by atoms with Crippen molar-refractivity contribution in [1.29, 1.82) is 0 Å². The highest BCUT2D eigenvalue weighted by atomic mass is 19.1. The van der Waals surface area contributed by atoms with Gasteiger partial charge in [0.25, 0.3) is 5.91 Å². The van der Waals surface area contributed by atoms with Crippen LogP contribution < -0.4 is 21.3 Å². The van der Waals surface area contributed by atoms with E-state index < -0.39 is 6.17 Å². The van der Waals surface area contributed by atoms with E-state index in [2.05, 4.69) is 40.0 Å². The molecule has 0 radical (unpaired) electrons. The Morgan fingerprint density at radius 2 is 2.03 bits per heavy atom. The summed E-state index contributed by atoms with van der Waals surface area (Å²) in [6, 6.07) is 0.805. The van der Waals surface area contributed by atoms with E-state index in [1.807, 2.05) is 6.08 Å². The van der Waals surface area contributed by atoms with E-state index in [9.17, 15) is 9.18 Å². The van der Waals surface area contributed by atoms with Crippen molar-refractivity contribution in [2.75, 3.05) is 26.3 Å². The SMILES string of the molecule is CC1CCCNC1C(CC1CN(CC2CC2)CN1)NC(=O)C1=CC2C(F)CCC(C)C2N1. The van der Waals surface area contributed by atoms with Crippen molar-refractivity contribution in [2.45, 2.75) is 89.1 Å². The first-order chi connectivity index (χ1) is 15.5. The average molecular weight is 448 g/mol. The topological polar surface area (TPSA) is 68.4 Å². The first kappa shape index (κ1) is 22.6. The number of halogens is 1. The predicted octanol–water partition coefficient (Wildman–Crippen LogP) is 2.13. The van der Waals surface area contributed by atoms with E-state index in [4.69, 9.17) is 0 Å². The highest BCUT2D eigenvalue weighted by molar-refractivity contribution is 5.93. The molecule has 0 spiro atoms. The molecule has 3 aliphatic heterocycles. The van der Waals surface area contributed by atoms with Crippen LogP contribution in [0.3, 0.4) is 0 Å². The highest BCUT2D eigenvalue weighted by Gasteiger charge is 2.42. The van der Waals surface area contributed by atoms with Crippen LogP contribution in [-0.4, -0.2) is 67.4 Å². The summed E-state index contributed by atoms with van der Waals surface area (Å²) in [5.74, 6) is 1.59. The second kappa shape index (κ2) is 9.59. The molecule has 4 N–H and O–H groups in total. The smallest absolute Gasteiger partial charge is 0.267 e. The van der Waals surface area contributed by atoms with Gasteiger partial charge in [-0.2, -0.15) is 0 Å². The number of fused-ring (bicyclic) bond motifs is 1. The Kier molecular flexibility index (Phi) is 6.77. The molecule has 3 heterocycles. The number of hydrogen-bond donors (Lipinski definition) is 4. The molecule has 0 aromatic carbocycles. The normalized spacial score (nSPS) is 41.0. The van der Waals surface area contributed by atoms with Crippen LogP contribution in [0, 0.1) is 23.7 Å². The Labute approximate surface area is 192 Å². The Morgan fingerprint density at radius 3 is 2.78 bits per heavy atom. The van der Waals surface area contributed by atoms with Crippen LogP contribution in [0.25, 0.3) is 0 Å². The van der Waals surface area contributed by atoms with E-state index in [0.717, 1.165) is 38.5 Å². The highest BCUT2D eigenvalue weighted by Crippen LogP contribution is 2.37. The third-order valence-electron chi connectivity index (χ3n) is 8.68. The standard InChI is InChI=1S/C25H42FN5O/c1-15-4-3-9-27-24(15)21(10-18-13-31(14-28-18)12-17-6-7-17)30-25(32)22-11-19-20(26)8-5-16(2)23(19)29-22/h11,15-21,23-24,27-29H,3-10,12-14H2,1-2H3,(H,30,32). The van der Waals surface area contributed by atoms with Gasteiger partial charge in [-0.25, -0.2) is 4.39 Å². The number of rotatable bonds is 7. The fourth-order valence-electron chi connectivity index (χ4n) is 6.53. The summed E-state index contributed by atoms with van der Waals surface area (Å²) in [5.41, 5.74) is 0.583. The molecular formula is C25H42FN5O. The molecule has 2 saturated carbocycles. The van der Waals surface area contributed by atoms with Crippen molar-refractivity contribution in [1.82, 2.24) is 26.2 Å². The second-order valence-corrected chi connectivity index (χ2v) is 11.4. The molecule has 0 aromatic rings. The largest absolute Gasteiger partial charge is 0.377 e. The van der Waals surface area contributed by atoms with Crippen molar-refractivity contribution in [2.24, 2.45) is 23.7 Å². The molecule has 1 amide bonds. The van der Waals surface area contributed by atoms with Gasteiger partial charge in [-0.1, -0.05) is 13.8 Å². The summed E-state index contributed by atoms with van der Waals surface area (Å²) < 4.78 is 14.5. The summed E-state index contributed by atoms with van der Waals surface area (Å²) >= 11 is 0. The average Bonchev–Trinajstić information content (AvgIpc) is 3.28. The Bertz CT molecular complexity index is 712. The van der Waals surface area contributed by atoms with Crippen LogP contribution in [0.1, 0.15) is 58.8 Å². The Balaban J connectivity index is 1.24. The molecule has 8 unspecified atom stereocenters.